The summed E-state index contributed by atoms with van der Waals surface area (Å²) in [6.07, 6.45) is 5.03. The first kappa shape index (κ1) is 21.8. The minimum absolute atomic E-state index is 0.583. The Hall–Kier alpha value is -1.54. The standard InChI is InChI=1S/C19H32N6S2/c1-15(2)14-25-17(22-23-19(25)26-5)9-6-11-21-18(20-3)24(4)12-10-16-8-7-13-27-16/h7-8,13,15H,6,9-12,14H2,1-5H3,(H,20,21). The molecular formula is C19H32N6S2. The van der Waals surface area contributed by atoms with Gasteiger partial charge in [0.05, 0.1) is 0 Å². The van der Waals surface area contributed by atoms with Crippen LogP contribution in [0.1, 0.15) is 31.0 Å². The van der Waals surface area contributed by atoms with Crippen LogP contribution in [0.2, 0.25) is 0 Å². The minimum atomic E-state index is 0.583. The Morgan fingerprint density at radius 2 is 2.19 bits per heavy atom. The molecule has 0 radical (unpaired) electrons. The number of aryl methyl sites for hydroxylation is 1. The molecule has 2 heterocycles. The summed E-state index contributed by atoms with van der Waals surface area (Å²) in [7, 11) is 3.93. The van der Waals surface area contributed by atoms with Crippen LogP contribution in [0, 0.1) is 5.92 Å². The first-order chi connectivity index (χ1) is 13.0. The molecule has 0 bridgehead atoms. The molecule has 0 fully saturated rings. The van der Waals surface area contributed by atoms with Crippen LogP contribution >= 0.6 is 23.1 Å². The normalized spacial score (nSPS) is 12.0. The highest BCUT2D eigenvalue weighted by atomic mass is 32.2. The fraction of sp³-hybridized carbons (Fsp3) is 0.632. The third kappa shape index (κ3) is 6.84. The third-order valence-corrected chi connectivity index (χ3v) is 5.83. The summed E-state index contributed by atoms with van der Waals surface area (Å²) in [5.74, 6) is 2.61. The smallest absolute Gasteiger partial charge is 0.193 e. The van der Waals surface area contributed by atoms with Crippen molar-refractivity contribution in [1.29, 1.82) is 0 Å². The largest absolute Gasteiger partial charge is 0.356 e. The second-order valence-electron chi connectivity index (χ2n) is 6.94. The SMILES string of the molecule is CN=C(NCCCc1nnc(SC)n1CC(C)C)N(C)CCc1cccs1. The van der Waals surface area contributed by atoms with Crippen molar-refractivity contribution in [2.45, 2.75) is 44.8 Å². The second-order valence-corrected chi connectivity index (χ2v) is 8.74. The van der Waals surface area contributed by atoms with Gasteiger partial charge in [-0.25, -0.2) is 0 Å². The van der Waals surface area contributed by atoms with Gasteiger partial charge < -0.3 is 14.8 Å². The first-order valence-corrected chi connectivity index (χ1v) is 11.6. The number of nitrogens with one attached hydrogen (secondary N) is 1. The molecule has 0 aromatic carbocycles. The van der Waals surface area contributed by atoms with Gasteiger partial charge >= 0.3 is 0 Å². The van der Waals surface area contributed by atoms with E-state index in [4.69, 9.17) is 0 Å². The summed E-state index contributed by atoms with van der Waals surface area (Å²) < 4.78 is 2.26. The zero-order chi connectivity index (χ0) is 19.6. The van der Waals surface area contributed by atoms with E-state index in [1.807, 2.05) is 18.4 Å². The van der Waals surface area contributed by atoms with E-state index in [1.54, 1.807) is 11.8 Å². The van der Waals surface area contributed by atoms with Gasteiger partial charge in [0, 0.05) is 45.0 Å². The highest BCUT2D eigenvalue weighted by Crippen LogP contribution is 2.16. The summed E-state index contributed by atoms with van der Waals surface area (Å²) in [6.45, 7) is 7.26. The van der Waals surface area contributed by atoms with Gasteiger partial charge in [-0.1, -0.05) is 31.7 Å². The lowest BCUT2D eigenvalue weighted by molar-refractivity contribution is 0.472. The molecule has 27 heavy (non-hydrogen) atoms. The van der Waals surface area contributed by atoms with Gasteiger partial charge in [0.1, 0.15) is 5.82 Å². The van der Waals surface area contributed by atoms with Crippen molar-refractivity contribution < 1.29 is 0 Å². The highest BCUT2D eigenvalue weighted by molar-refractivity contribution is 7.98. The molecule has 1 N–H and O–H groups in total. The first-order valence-electron chi connectivity index (χ1n) is 9.45. The molecule has 2 rings (SSSR count). The van der Waals surface area contributed by atoms with Crippen LogP contribution in [0.4, 0.5) is 0 Å². The van der Waals surface area contributed by atoms with Crippen molar-refractivity contribution >= 4 is 29.1 Å². The lowest BCUT2D eigenvalue weighted by Gasteiger charge is -2.21. The second kappa shape index (κ2) is 11.3. The third-order valence-electron chi connectivity index (χ3n) is 4.23. The Bertz CT molecular complexity index is 693. The summed E-state index contributed by atoms with van der Waals surface area (Å²) in [5.41, 5.74) is 0. The van der Waals surface area contributed by atoms with E-state index in [9.17, 15) is 0 Å². The quantitative estimate of drug-likeness (QED) is 0.283. The number of guanidine groups is 1. The van der Waals surface area contributed by atoms with Crippen LogP contribution in [0.3, 0.4) is 0 Å². The number of rotatable bonds is 10. The van der Waals surface area contributed by atoms with Crippen molar-refractivity contribution in [3.63, 3.8) is 0 Å². The molecule has 2 aromatic heterocycles. The van der Waals surface area contributed by atoms with Crippen molar-refractivity contribution in [1.82, 2.24) is 25.0 Å². The average Bonchev–Trinajstić information content (AvgIpc) is 3.29. The number of hydrogen-bond acceptors (Lipinski definition) is 5. The molecule has 0 spiro atoms. The molecule has 0 aliphatic heterocycles. The maximum absolute atomic E-state index is 4.41. The monoisotopic (exact) mass is 408 g/mol. The minimum Gasteiger partial charge on any atom is -0.356 e. The van der Waals surface area contributed by atoms with E-state index in [2.05, 4.69) is 74.6 Å². The van der Waals surface area contributed by atoms with Crippen molar-refractivity contribution in [3.05, 3.63) is 28.2 Å². The Labute approximate surface area is 171 Å². The fourth-order valence-corrected chi connectivity index (χ4v) is 4.09. The highest BCUT2D eigenvalue weighted by Gasteiger charge is 2.12. The molecule has 0 aliphatic rings. The average molecular weight is 409 g/mol. The topological polar surface area (TPSA) is 58.3 Å². The Kier molecular flexibility index (Phi) is 9.14. The van der Waals surface area contributed by atoms with Gasteiger partial charge in [0.15, 0.2) is 11.1 Å². The van der Waals surface area contributed by atoms with Crippen LogP contribution < -0.4 is 5.32 Å². The van der Waals surface area contributed by atoms with Crippen LogP contribution in [0.5, 0.6) is 0 Å². The van der Waals surface area contributed by atoms with E-state index in [-0.39, 0.29) is 0 Å². The molecule has 150 valence electrons. The van der Waals surface area contributed by atoms with Crippen LogP contribution in [0.15, 0.2) is 27.7 Å². The number of nitrogens with zero attached hydrogens (tertiary/aromatic N) is 5. The number of aromatic nitrogens is 3. The molecule has 8 heteroatoms. The van der Waals surface area contributed by atoms with E-state index < -0.39 is 0 Å². The predicted octanol–water partition coefficient (Wildman–Crippen LogP) is 3.40. The van der Waals surface area contributed by atoms with Gasteiger partial charge in [0.2, 0.25) is 0 Å². The molecular weight excluding hydrogens is 376 g/mol. The maximum Gasteiger partial charge on any atom is 0.193 e. The van der Waals surface area contributed by atoms with E-state index >= 15 is 0 Å². The Morgan fingerprint density at radius 3 is 2.81 bits per heavy atom. The maximum atomic E-state index is 4.41. The lowest BCUT2D eigenvalue weighted by Crippen LogP contribution is -2.40. The zero-order valence-electron chi connectivity index (χ0n) is 17.1. The number of aliphatic imine (C=N–C) groups is 1. The Balaban J connectivity index is 1.78. The van der Waals surface area contributed by atoms with Crippen molar-refractivity contribution in [2.24, 2.45) is 10.9 Å². The molecule has 0 aliphatic carbocycles. The summed E-state index contributed by atoms with van der Waals surface area (Å²) in [4.78, 5) is 8.00. The van der Waals surface area contributed by atoms with Crippen LogP contribution in [-0.4, -0.2) is 59.1 Å². The van der Waals surface area contributed by atoms with Crippen LogP contribution in [-0.2, 0) is 19.4 Å². The van der Waals surface area contributed by atoms with E-state index in [0.717, 1.165) is 55.8 Å². The molecule has 0 saturated heterocycles. The Morgan fingerprint density at radius 1 is 1.37 bits per heavy atom. The summed E-state index contributed by atoms with van der Waals surface area (Å²) >= 11 is 3.47. The molecule has 6 nitrogen and oxygen atoms in total. The van der Waals surface area contributed by atoms with E-state index in [0.29, 0.717) is 5.92 Å². The van der Waals surface area contributed by atoms with Crippen molar-refractivity contribution in [3.8, 4) is 0 Å². The molecule has 2 aromatic rings. The van der Waals surface area contributed by atoms with Gasteiger partial charge in [-0.15, -0.1) is 21.5 Å². The molecule has 0 saturated carbocycles. The molecule has 0 unspecified atom stereocenters. The number of thiophene rings is 1. The van der Waals surface area contributed by atoms with E-state index in [1.165, 1.54) is 4.88 Å². The van der Waals surface area contributed by atoms with Gasteiger partial charge in [-0.05, 0) is 36.5 Å². The number of likely N-dealkylation sites (N-methyl/N-ethyl adjacent to an activating group) is 1. The molecule has 0 amide bonds. The number of hydrogen-bond donors (Lipinski definition) is 1. The van der Waals surface area contributed by atoms with Crippen molar-refractivity contribution in [2.75, 3.05) is 33.4 Å². The lowest BCUT2D eigenvalue weighted by atomic mass is 10.2. The van der Waals surface area contributed by atoms with Gasteiger partial charge in [0.25, 0.3) is 0 Å². The fourth-order valence-electron chi connectivity index (χ4n) is 2.87. The molecule has 0 atom stereocenters. The zero-order valence-corrected chi connectivity index (χ0v) is 18.7. The summed E-state index contributed by atoms with van der Waals surface area (Å²) in [5, 5.41) is 15.3. The van der Waals surface area contributed by atoms with Crippen LogP contribution in [0.25, 0.3) is 0 Å². The van der Waals surface area contributed by atoms with Gasteiger partial charge in [-0.2, -0.15) is 0 Å². The van der Waals surface area contributed by atoms with Gasteiger partial charge in [-0.3, -0.25) is 4.99 Å². The number of thioether (sulfide) groups is 1. The summed E-state index contributed by atoms with van der Waals surface area (Å²) in [6, 6.07) is 4.29. The predicted molar refractivity (Wildman–Crippen MR) is 117 cm³/mol.